The van der Waals surface area contributed by atoms with Crippen LogP contribution in [0, 0.1) is 0 Å². The molecule has 0 aliphatic carbocycles. The average molecular weight is 263 g/mol. The minimum atomic E-state index is -4.74. The molecular weight excluding hydrogens is 252 g/mol. The Hall–Kier alpha value is -0.270. The molecule has 15 heavy (non-hydrogen) atoms. The van der Waals surface area contributed by atoms with E-state index in [1.807, 2.05) is 0 Å². The van der Waals surface area contributed by atoms with E-state index in [0.29, 0.717) is 0 Å². The van der Waals surface area contributed by atoms with Crippen molar-refractivity contribution in [2.75, 3.05) is 6.16 Å². The number of hydrogen-bond acceptors (Lipinski definition) is 3. The van der Waals surface area contributed by atoms with Crippen LogP contribution in [0.15, 0.2) is 0 Å². The van der Waals surface area contributed by atoms with Gasteiger partial charge < -0.3 is 24.7 Å². The van der Waals surface area contributed by atoms with Gasteiger partial charge in [0.2, 0.25) is 0 Å². The molecule has 0 aliphatic heterocycles. The molecule has 0 bridgehead atoms. The van der Waals surface area contributed by atoms with E-state index in [2.05, 4.69) is 0 Å². The Bertz CT molecular complexity index is 317. The highest BCUT2D eigenvalue weighted by Gasteiger charge is 2.28. The zero-order valence-corrected chi connectivity index (χ0v) is 9.14. The second-order valence-electron chi connectivity index (χ2n) is 2.74. The summed E-state index contributed by atoms with van der Waals surface area (Å²) in [5.41, 5.74) is 0. The quantitative estimate of drug-likeness (QED) is 0.319. The molecule has 0 aromatic heterocycles. The third kappa shape index (κ3) is 8.71. The second-order valence-corrected chi connectivity index (χ2v) is 5.86. The Morgan fingerprint density at radius 3 is 1.93 bits per heavy atom. The van der Waals surface area contributed by atoms with Crippen LogP contribution in [0.3, 0.4) is 0 Å². The maximum absolute atomic E-state index is 10.4. The van der Waals surface area contributed by atoms with Gasteiger partial charge in [-0.15, -0.1) is 0 Å². The van der Waals surface area contributed by atoms with Crippen molar-refractivity contribution in [3.8, 4) is 0 Å². The molecule has 1 atom stereocenters. The maximum Gasteiger partial charge on any atom is 0.401 e. The third-order valence-corrected chi connectivity index (χ3v) is 2.82. The van der Waals surface area contributed by atoms with Gasteiger partial charge >= 0.3 is 21.3 Å². The fraction of sp³-hybridized carbons (Fsp3) is 0.750. The lowest BCUT2D eigenvalue weighted by Crippen LogP contribution is -2.35. The van der Waals surface area contributed by atoms with Gasteiger partial charge in [0.15, 0.2) is 0 Å². The predicted octanol–water partition coefficient (Wildman–Crippen LogP) is -1.31. The summed E-state index contributed by atoms with van der Waals surface area (Å²) in [6, 6.07) is -1.70. The molecule has 90 valence electrons. The Morgan fingerprint density at radius 2 is 1.67 bits per heavy atom. The van der Waals surface area contributed by atoms with E-state index in [9.17, 15) is 13.9 Å². The van der Waals surface area contributed by atoms with Crippen molar-refractivity contribution in [3.63, 3.8) is 0 Å². The van der Waals surface area contributed by atoms with Gasteiger partial charge in [0.1, 0.15) is 6.04 Å². The zero-order valence-electron chi connectivity index (χ0n) is 7.35. The van der Waals surface area contributed by atoms with Crippen LogP contribution in [0.1, 0.15) is 6.42 Å². The van der Waals surface area contributed by atoms with E-state index in [4.69, 9.17) is 24.7 Å². The van der Waals surface area contributed by atoms with Crippen molar-refractivity contribution in [3.05, 3.63) is 0 Å². The van der Waals surface area contributed by atoms with Crippen molar-refractivity contribution < 1.29 is 38.6 Å². The lowest BCUT2D eigenvalue weighted by Gasteiger charge is -2.15. The molecule has 0 heterocycles. The van der Waals surface area contributed by atoms with Gasteiger partial charge in [-0.25, -0.2) is 9.65 Å². The highest BCUT2D eigenvalue weighted by atomic mass is 31.2. The van der Waals surface area contributed by atoms with Crippen LogP contribution in [0.5, 0.6) is 0 Å². The van der Waals surface area contributed by atoms with Gasteiger partial charge in [-0.05, 0) is 6.42 Å². The highest BCUT2D eigenvalue weighted by molar-refractivity contribution is 7.51. The van der Waals surface area contributed by atoms with Crippen LogP contribution in [0.25, 0.3) is 0 Å². The number of nitrogens with one attached hydrogen (secondary N) is 1. The monoisotopic (exact) mass is 263 g/mol. The van der Waals surface area contributed by atoms with E-state index in [1.165, 1.54) is 5.09 Å². The molecule has 1 unspecified atom stereocenters. The van der Waals surface area contributed by atoms with Gasteiger partial charge in [-0.3, -0.25) is 9.36 Å². The molecule has 6 N–H and O–H groups in total. The molecule has 0 aromatic rings. The summed E-state index contributed by atoms with van der Waals surface area (Å²) < 4.78 is 20.8. The topological polar surface area (TPSA) is 164 Å². The van der Waals surface area contributed by atoms with Crippen LogP contribution in [0.2, 0.25) is 0 Å². The molecule has 0 radical (unpaired) electrons. The molecule has 0 aliphatic rings. The second kappa shape index (κ2) is 5.18. The molecular formula is C4H11NO8P2. The minimum Gasteiger partial charge on any atom is -0.480 e. The normalized spacial score (nSPS) is 14.9. The Kier molecular flexibility index (Phi) is 5.08. The lowest BCUT2D eigenvalue weighted by atomic mass is 10.2. The number of carbonyl (C=O) groups is 1. The summed E-state index contributed by atoms with van der Waals surface area (Å²) in [6.45, 7) is 0. The van der Waals surface area contributed by atoms with E-state index in [1.54, 1.807) is 0 Å². The van der Waals surface area contributed by atoms with Gasteiger partial charge in [-0.1, -0.05) is 0 Å². The molecule has 9 nitrogen and oxygen atoms in total. The fourth-order valence-electron chi connectivity index (χ4n) is 0.744. The lowest BCUT2D eigenvalue weighted by molar-refractivity contribution is -0.139. The zero-order chi connectivity index (χ0) is 12.3. The van der Waals surface area contributed by atoms with Crippen LogP contribution in [-0.4, -0.2) is 42.9 Å². The summed E-state index contributed by atoms with van der Waals surface area (Å²) in [5, 5.41) is 9.93. The molecule has 0 saturated heterocycles. The number of aliphatic carboxylic acids is 1. The summed E-state index contributed by atoms with van der Waals surface area (Å²) in [5.74, 6) is -1.59. The summed E-state index contributed by atoms with van der Waals surface area (Å²) in [6.07, 6.45) is -1.35. The largest absolute Gasteiger partial charge is 0.480 e. The van der Waals surface area contributed by atoms with Crippen molar-refractivity contribution in [1.29, 1.82) is 0 Å². The maximum atomic E-state index is 10.4. The van der Waals surface area contributed by atoms with Gasteiger partial charge in [0, 0.05) is 0 Å². The van der Waals surface area contributed by atoms with Crippen LogP contribution >= 0.6 is 15.3 Å². The Labute approximate surface area is 84.5 Å². The fourth-order valence-corrected chi connectivity index (χ4v) is 1.98. The third-order valence-electron chi connectivity index (χ3n) is 1.33. The SMILES string of the molecule is O=C(O)C(CCP(=O)(O)O)NP(=O)(O)O. The Morgan fingerprint density at radius 1 is 1.20 bits per heavy atom. The first-order valence-electron chi connectivity index (χ1n) is 3.62. The van der Waals surface area contributed by atoms with E-state index in [0.717, 1.165) is 0 Å². The van der Waals surface area contributed by atoms with Crippen molar-refractivity contribution in [2.45, 2.75) is 12.5 Å². The highest BCUT2D eigenvalue weighted by Crippen LogP contribution is 2.36. The number of carboxylic acid groups (broad SMARTS) is 1. The molecule has 0 rings (SSSR count). The Balaban J connectivity index is 4.38. The molecule has 0 amide bonds. The van der Waals surface area contributed by atoms with Crippen molar-refractivity contribution >= 4 is 21.3 Å². The first-order chi connectivity index (χ1) is 6.51. The minimum absolute atomic E-state index is 0.579. The first kappa shape index (κ1) is 14.7. The van der Waals surface area contributed by atoms with E-state index in [-0.39, 0.29) is 0 Å². The number of rotatable bonds is 6. The van der Waals surface area contributed by atoms with Gasteiger partial charge in [0.25, 0.3) is 0 Å². The predicted molar refractivity (Wildman–Crippen MR) is 48.1 cm³/mol. The molecule has 0 aromatic carbocycles. The first-order valence-corrected chi connectivity index (χ1v) is 7.03. The number of carboxylic acids is 1. The summed E-state index contributed by atoms with van der Waals surface area (Å²) in [7, 11) is -9.12. The van der Waals surface area contributed by atoms with E-state index < -0.39 is 39.9 Å². The molecule has 11 heteroatoms. The number of hydrogen-bond donors (Lipinski definition) is 6. The molecule has 0 fully saturated rings. The summed E-state index contributed by atoms with van der Waals surface area (Å²) in [4.78, 5) is 44.1. The summed E-state index contributed by atoms with van der Waals surface area (Å²) >= 11 is 0. The van der Waals surface area contributed by atoms with Crippen LogP contribution in [0.4, 0.5) is 0 Å². The van der Waals surface area contributed by atoms with Gasteiger partial charge in [-0.2, -0.15) is 0 Å². The van der Waals surface area contributed by atoms with Crippen LogP contribution < -0.4 is 5.09 Å². The van der Waals surface area contributed by atoms with Crippen LogP contribution in [-0.2, 0) is 13.9 Å². The standard InChI is InChI=1S/C4H11NO8P2/c6-4(7)3(5-15(11,12)13)1-2-14(8,9)10/h3H,1-2H2,(H,6,7)(H2,8,9,10)(H3,5,11,12,13). The van der Waals surface area contributed by atoms with Gasteiger partial charge in [0.05, 0.1) is 6.16 Å². The smallest absolute Gasteiger partial charge is 0.401 e. The van der Waals surface area contributed by atoms with Crippen molar-refractivity contribution in [1.82, 2.24) is 5.09 Å². The molecule has 0 spiro atoms. The van der Waals surface area contributed by atoms with E-state index >= 15 is 0 Å². The van der Waals surface area contributed by atoms with Crippen molar-refractivity contribution in [2.24, 2.45) is 0 Å². The molecule has 0 saturated carbocycles. The average Bonchev–Trinajstić information content (AvgIpc) is 1.93.